The Morgan fingerprint density at radius 2 is 2.16 bits per heavy atom. The van der Waals surface area contributed by atoms with Crippen molar-refractivity contribution in [1.29, 1.82) is 0 Å². The van der Waals surface area contributed by atoms with Crippen LogP contribution in [0.1, 0.15) is 24.1 Å². The lowest BCUT2D eigenvalue weighted by atomic mass is 9.97. The van der Waals surface area contributed by atoms with E-state index in [4.69, 9.17) is 10.5 Å². The number of nitrogens with zero attached hydrogens (tertiary/aromatic N) is 4. The average Bonchev–Trinajstić information content (AvgIpc) is 3.10. The van der Waals surface area contributed by atoms with Crippen molar-refractivity contribution in [3.63, 3.8) is 0 Å². The number of carbonyl (C=O) groups is 1. The molecule has 1 aliphatic heterocycles. The third-order valence-corrected chi connectivity index (χ3v) is 4.63. The van der Waals surface area contributed by atoms with Crippen LogP contribution in [0, 0.1) is 5.92 Å². The first-order chi connectivity index (χ1) is 12.2. The number of ether oxygens (including phenoxy) is 1. The Kier molecular flexibility index (Phi) is 5.65. The zero-order valence-corrected chi connectivity index (χ0v) is 14.6. The van der Waals surface area contributed by atoms with Crippen molar-refractivity contribution in [2.75, 3.05) is 20.2 Å². The number of nitrogens with two attached hydrogens (primary N) is 1. The molecule has 25 heavy (non-hydrogen) atoms. The zero-order valence-electron chi connectivity index (χ0n) is 14.6. The number of carbonyl (C=O) groups excluding carboxylic acids is 1. The largest absolute Gasteiger partial charge is 0.497 e. The van der Waals surface area contributed by atoms with E-state index in [0.29, 0.717) is 18.9 Å². The molecule has 0 radical (unpaired) electrons. The fraction of sp³-hybridized carbons (Fsp3) is 0.500. The van der Waals surface area contributed by atoms with Gasteiger partial charge in [0.1, 0.15) is 5.75 Å². The number of methoxy groups -OCH3 is 1. The lowest BCUT2D eigenvalue weighted by molar-refractivity contribution is -0.132. The Morgan fingerprint density at radius 1 is 1.36 bits per heavy atom. The molecular formula is C18H25N5O2. The van der Waals surface area contributed by atoms with Gasteiger partial charge in [0.2, 0.25) is 5.91 Å². The van der Waals surface area contributed by atoms with Crippen LogP contribution in [0.25, 0.3) is 0 Å². The summed E-state index contributed by atoms with van der Waals surface area (Å²) in [7, 11) is 1.64. The molecule has 0 aliphatic carbocycles. The van der Waals surface area contributed by atoms with E-state index in [1.807, 2.05) is 40.0 Å². The Labute approximate surface area is 147 Å². The predicted octanol–water partition coefficient (Wildman–Crippen LogP) is 1.23. The molecule has 3 rings (SSSR count). The number of rotatable bonds is 6. The molecule has 2 heterocycles. The Hall–Kier alpha value is -2.41. The van der Waals surface area contributed by atoms with Gasteiger partial charge in [-0.25, -0.2) is 0 Å². The molecule has 1 fully saturated rings. The summed E-state index contributed by atoms with van der Waals surface area (Å²) in [4.78, 5) is 14.6. The van der Waals surface area contributed by atoms with E-state index in [2.05, 4.69) is 10.3 Å². The van der Waals surface area contributed by atoms with Gasteiger partial charge in [0.15, 0.2) is 0 Å². The van der Waals surface area contributed by atoms with Gasteiger partial charge in [-0.2, -0.15) is 0 Å². The van der Waals surface area contributed by atoms with Gasteiger partial charge in [0, 0.05) is 32.4 Å². The van der Waals surface area contributed by atoms with Crippen LogP contribution in [0.4, 0.5) is 0 Å². The van der Waals surface area contributed by atoms with Gasteiger partial charge >= 0.3 is 0 Å². The number of likely N-dealkylation sites (tertiary alicyclic amines) is 1. The van der Waals surface area contributed by atoms with E-state index in [1.54, 1.807) is 7.11 Å². The van der Waals surface area contributed by atoms with Crippen LogP contribution >= 0.6 is 0 Å². The molecular weight excluding hydrogens is 318 g/mol. The summed E-state index contributed by atoms with van der Waals surface area (Å²) in [6, 6.07) is 7.67. The van der Waals surface area contributed by atoms with Gasteiger partial charge in [-0.15, -0.1) is 5.10 Å². The van der Waals surface area contributed by atoms with Crippen LogP contribution in [-0.2, 0) is 24.3 Å². The Balaban J connectivity index is 1.55. The van der Waals surface area contributed by atoms with Crippen LogP contribution in [-0.4, -0.2) is 46.0 Å². The van der Waals surface area contributed by atoms with Gasteiger partial charge in [-0.1, -0.05) is 17.3 Å². The van der Waals surface area contributed by atoms with Crippen LogP contribution < -0.4 is 10.5 Å². The molecule has 7 heteroatoms. The highest BCUT2D eigenvalue weighted by atomic mass is 16.5. The quantitative estimate of drug-likeness (QED) is 0.852. The van der Waals surface area contributed by atoms with E-state index in [0.717, 1.165) is 49.5 Å². The lowest BCUT2D eigenvalue weighted by Gasteiger charge is -2.32. The second-order valence-corrected chi connectivity index (χ2v) is 6.51. The van der Waals surface area contributed by atoms with Crippen molar-refractivity contribution in [3.8, 4) is 5.75 Å². The highest BCUT2D eigenvalue weighted by Gasteiger charge is 2.24. The highest BCUT2D eigenvalue weighted by Crippen LogP contribution is 2.20. The van der Waals surface area contributed by atoms with Crippen molar-refractivity contribution >= 4 is 5.91 Å². The van der Waals surface area contributed by atoms with E-state index < -0.39 is 0 Å². The molecule has 0 saturated carbocycles. The smallest absolute Gasteiger partial charge is 0.226 e. The fourth-order valence-electron chi connectivity index (χ4n) is 3.26. The number of aromatic nitrogens is 3. The van der Waals surface area contributed by atoms with Gasteiger partial charge in [-0.05, 0) is 36.5 Å². The standard InChI is InChI=1S/C18H25N5O2/c1-25-17-6-4-14(5-7-17)9-18(24)22-8-2-3-15(11-22)12-23-13-16(10-19)20-21-23/h4-7,13,15H,2-3,8-12,19H2,1H3/t15-/m1/s1. The molecule has 7 nitrogen and oxygen atoms in total. The fourth-order valence-corrected chi connectivity index (χ4v) is 3.26. The first kappa shape index (κ1) is 17.4. The van der Waals surface area contributed by atoms with Crippen LogP contribution in [0.15, 0.2) is 30.5 Å². The van der Waals surface area contributed by atoms with Gasteiger partial charge < -0.3 is 15.4 Å². The summed E-state index contributed by atoms with van der Waals surface area (Å²) in [6.07, 6.45) is 4.44. The van der Waals surface area contributed by atoms with Gasteiger partial charge in [0.25, 0.3) is 0 Å². The van der Waals surface area contributed by atoms with Crippen LogP contribution in [0.2, 0.25) is 0 Å². The number of benzene rings is 1. The highest BCUT2D eigenvalue weighted by molar-refractivity contribution is 5.78. The minimum absolute atomic E-state index is 0.177. The maximum absolute atomic E-state index is 12.6. The maximum Gasteiger partial charge on any atom is 0.226 e. The van der Waals surface area contributed by atoms with E-state index in [1.165, 1.54) is 0 Å². The van der Waals surface area contributed by atoms with E-state index in [9.17, 15) is 4.79 Å². The molecule has 2 N–H and O–H groups in total. The van der Waals surface area contributed by atoms with Crippen molar-refractivity contribution in [2.45, 2.75) is 32.4 Å². The lowest BCUT2D eigenvalue weighted by Crippen LogP contribution is -2.41. The monoisotopic (exact) mass is 343 g/mol. The normalized spacial score (nSPS) is 17.5. The SMILES string of the molecule is COc1ccc(CC(=O)N2CCC[C@@H](Cn3cc(CN)nn3)C2)cc1. The molecule has 1 atom stereocenters. The minimum atomic E-state index is 0.177. The molecule has 0 spiro atoms. The molecule has 1 saturated heterocycles. The first-order valence-corrected chi connectivity index (χ1v) is 8.67. The second-order valence-electron chi connectivity index (χ2n) is 6.51. The van der Waals surface area contributed by atoms with Crippen molar-refractivity contribution in [1.82, 2.24) is 19.9 Å². The molecule has 0 unspecified atom stereocenters. The Morgan fingerprint density at radius 3 is 2.84 bits per heavy atom. The van der Waals surface area contributed by atoms with E-state index >= 15 is 0 Å². The topological polar surface area (TPSA) is 86.3 Å². The third kappa shape index (κ3) is 4.57. The number of hydrogen-bond acceptors (Lipinski definition) is 5. The maximum atomic E-state index is 12.6. The molecule has 1 aromatic heterocycles. The van der Waals surface area contributed by atoms with Crippen molar-refractivity contribution in [3.05, 3.63) is 41.7 Å². The van der Waals surface area contributed by atoms with Crippen LogP contribution in [0.3, 0.4) is 0 Å². The van der Waals surface area contributed by atoms with Crippen LogP contribution in [0.5, 0.6) is 5.75 Å². The number of piperidine rings is 1. The molecule has 0 bridgehead atoms. The molecule has 1 amide bonds. The van der Waals surface area contributed by atoms with Gasteiger partial charge in [-0.3, -0.25) is 9.48 Å². The number of amides is 1. The summed E-state index contributed by atoms with van der Waals surface area (Å²) < 4.78 is 6.99. The zero-order chi connectivity index (χ0) is 17.6. The summed E-state index contributed by atoms with van der Waals surface area (Å²) >= 11 is 0. The van der Waals surface area contributed by atoms with E-state index in [-0.39, 0.29) is 5.91 Å². The molecule has 1 aliphatic rings. The summed E-state index contributed by atoms with van der Waals surface area (Å²) in [5.41, 5.74) is 7.38. The molecule has 2 aromatic rings. The summed E-state index contributed by atoms with van der Waals surface area (Å²) in [6.45, 7) is 2.78. The molecule has 1 aromatic carbocycles. The number of hydrogen-bond donors (Lipinski definition) is 1. The average molecular weight is 343 g/mol. The first-order valence-electron chi connectivity index (χ1n) is 8.67. The third-order valence-electron chi connectivity index (χ3n) is 4.63. The predicted molar refractivity (Wildman–Crippen MR) is 93.9 cm³/mol. The minimum Gasteiger partial charge on any atom is -0.497 e. The summed E-state index contributed by atoms with van der Waals surface area (Å²) in [5, 5.41) is 8.13. The van der Waals surface area contributed by atoms with Crippen molar-refractivity contribution in [2.24, 2.45) is 11.7 Å². The Bertz CT molecular complexity index is 698. The van der Waals surface area contributed by atoms with Gasteiger partial charge in [0.05, 0.1) is 19.2 Å². The second kappa shape index (κ2) is 8.11. The summed E-state index contributed by atoms with van der Waals surface area (Å²) in [5.74, 6) is 1.39. The van der Waals surface area contributed by atoms with Crippen molar-refractivity contribution < 1.29 is 9.53 Å². The molecule has 134 valence electrons.